The topological polar surface area (TPSA) is 9.23 Å². The van der Waals surface area contributed by atoms with Crippen molar-refractivity contribution in [3.63, 3.8) is 0 Å². The molecule has 0 aliphatic heterocycles. The molecule has 92 valence electrons. The molecule has 0 saturated carbocycles. The molecule has 2 rings (SSSR count). The predicted molar refractivity (Wildman–Crippen MR) is 73.2 cm³/mol. The van der Waals surface area contributed by atoms with Crippen molar-refractivity contribution in [2.75, 3.05) is 6.61 Å². The van der Waals surface area contributed by atoms with Crippen molar-refractivity contribution in [3.8, 4) is 5.75 Å². The maximum Gasteiger partial charge on any atom is 0.126 e. The maximum atomic E-state index is 5.70. The number of rotatable bonds is 3. The average Bonchev–Trinajstić information content (AvgIpc) is 2.31. The molecule has 0 unspecified atom stereocenters. The van der Waals surface area contributed by atoms with Crippen LogP contribution in [0.25, 0.3) is 5.57 Å². The van der Waals surface area contributed by atoms with E-state index in [-0.39, 0.29) is 0 Å². The van der Waals surface area contributed by atoms with Gasteiger partial charge in [0.05, 0.1) is 6.61 Å². The van der Waals surface area contributed by atoms with Crippen LogP contribution in [0.3, 0.4) is 0 Å². The highest BCUT2D eigenvalue weighted by Crippen LogP contribution is 2.40. The van der Waals surface area contributed by atoms with Crippen molar-refractivity contribution in [3.05, 3.63) is 35.9 Å². The molecule has 1 aliphatic rings. The Bertz CT molecular complexity index is 415. The summed E-state index contributed by atoms with van der Waals surface area (Å²) < 4.78 is 5.70. The molecule has 0 spiro atoms. The molecule has 0 amide bonds. The third-order valence-corrected chi connectivity index (χ3v) is 3.51. The van der Waals surface area contributed by atoms with Gasteiger partial charge in [-0.3, -0.25) is 0 Å². The van der Waals surface area contributed by atoms with Crippen LogP contribution in [0.1, 0.15) is 45.6 Å². The van der Waals surface area contributed by atoms with Crippen LogP contribution in [-0.2, 0) is 0 Å². The standard InChI is InChI=1S/C16H22O/c1-4-17-15-8-6-5-7-14(15)13-9-11-16(2,3)12-10-13/h5-9H,4,10-12H2,1-3H3. The van der Waals surface area contributed by atoms with E-state index in [1.165, 1.54) is 24.0 Å². The Morgan fingerprint density at radius 2 is 2.00 bits per heavy atom. The third-order valence-electron chi connectivity index (χ3n) is 3.51. The van der Waals surface area contributed by atoms with E-state index in [0.29, 0.717) is 5.41 Å². The lowest BCUT2D eigenvalue weighted by atomic mass is 9.77. The first-order valence-electron chi connectivity index (χ1n) is 6.53. The second-order valence-electron chi connectivity index (χ2n) is 5.53. The maximum absolute atomic E-state index is 5.70. The van der Waals surface area contributed by atoms with Crippen molar-refractivity contribution in [2.24, 2.45) is 5.41 Å². The second-order valence-corrected chi connectivity index (χ2v) is 5.53. The van der Waals surface area contributed by atoms with E-state index in [1.54, 1.807) is 0 Å². The first-order chi connectivity index (χ1) is 8.12. The van der Waals surface area contributed by atoms with Gasteiger partial charge in [-0.2, -0.15) is 0 Å². The molecule has 0 radical (unpaired) electrons. The number of benzene rings is 1. The van der Waals surface area contributed by atoms with Gasteiger partial charge in [0.2, 0.25) is 0 Å². The molecule has 1 aromatic rings. The summed E-state index contributed by atoms with van der Waals surface area (Å²) in [4.78, 5) is 0. The fraction of sp³-hybridized carbons (Fsp3) is 0.500. The predicted octanol–water partition coefficient (Wildman–Crippen LogP) is 4.68. The van der Waals surface area contributed by atoms with Gasteiger partial charge >= 0.3 is 0 Å². The highest BCUT2D eigenvalue weighted by molar-refractivity contribution is 5.71. The highest BCUT2D eigenvalue weighted by Gasteiger charge is 2.22. The zero-order chi connectivity index (χ0) is 12.3. The molecule has 1 aliphatic carbocycles. The summed E-state index contributed by atoms with van der Waals surface area (Å²) in [5.41, 5.74) is 3.20. The lowest BCUT2D eigenvalue weighted by molar-refractivity contribution is 0.330. The second kappa shape index (κ2) is 4.95. The highest BCUT2D eigenvalue weighted by atomic mass is 16.5. The SMILES string of the molecule is CCOc1ccccc1C1=CCC(C)(C)CC1. The molecule has 0 saturated heterocycles. The van der Waals surface area contributed by atoms with E-state index < -0.39 is 0 Å². The Morgan fingerprint density at radius 1 is 1.24 bits per heavy atom. The van der Waals surface area contributed by atoms with Crippen LogP contribution in [-0.4, -0.2) is 6.61 Å². The van der Waals surface area contributed by atoms with Crippen LogP contribution < -0.4 is 4.74 Å². The van der Waals surface area contributed by atoms with Crippen LogP contribution in [0, 0.1) is 5.41 Å². The quantitative estimate of drug-likeness (QED) is 0.732. The monoisotopic (exact) mass is 230 g/mol. The summed E-state index contributed by atoms with van der Waals surface area (Å²) in [6, 6.07) is 8.38. The minimum Gasteiger partial charge on any atom is -0.493 e. The van der Waals surface area contributed by atoms with Crippen molar-refractivity contribution in [1.29, 1.82) is 0 Å². The molecule has 1 heteroatoms. The lowest BCUT2D eigenvalue weighted by Gasteiger charge is -2.29. The molecule has 0 atom stereocenters. The molecule has 0 N–H and O–H groups in total. The minimum atomic E-state index is 0.462. The van der Waals surface area contributed by atoms with E-state index >= 15 is 0 Å². The molecule has 17 heavy (non-hydrogen) atoms. The van der Waals surface area contributed by atoms with Crippen LogP contribution in [0.4, 0.5) is 0 Å². The number of allylic oxidation sites excluding steroid dienone is 2. The summed E-state index contributed by atoms with van der Waals surface area (Å²) in [6.45, 7) is 7.45. The number of hydrogen-bond donors (Lipinski definition) is 0. The van der Waals surface area contributed by atoms with Gasteiger partial charge in [0.15, 0.2) is 0 Å². The number of ether oxygens (including phenoxy) is 1. The first-order valence-corrected chi connectivity index (χ1v) is 6.53. The third kappa shape index (κ3) is 2.91. The number of para-hydroxylation sites is 1. The van der Waals surface area contributed by atoms with Gasteiger partial charge < -0.3 is 4.74 Å². The van der Waals surface area contributed by atoms with Crippen LogP contribution in [0.15, 0.2) is 30.3 Å². The normalized spacial score (nSPS) is 18.6. The Kier molecular flexibility index (Phi) is 3.56. The molecular weight excluding hydrogens is 208 g/mol. The van der Waals surface area contributed by atoms with Gasteiger partial charge in [0.25, 0.3) is 0 Å². The largest absolute Gasteiger partial charge is 0.493 e. The van der Waals surface area contributed by atoms with Gasteiger partial charge in [-0.05, 0) is 43.2 Å². The van der Waals surface area contributed by atoms with Crippen LogP contribution in [0.5, 0.6) is 5.75 Å². The molecular formula is C16H22O. The Balaban J connectivity index is 2.26. The van der Waals surface area contributed by atoms with Gasteiger partial charge in [-0.1, -0.05) is 38.1 Å². The van der Waals surface area contributed by atoms with E-state index in [1.807, 2.05) is 13.0 Å². The summed E-state index contributed by atoms with van der Waals surface area (Å²) in [7, 11) is 0. The van der Waals surface area contributed by atoms with E-state index in [2.05, 4.69) is 38.1 Å². The van der Waals surface area contributed by atoms with Crippen LogP contribution >= 0.6 is 0 Å². The zero-order valence-corrected chi connectivity index (χ0v) is 11.1. The summed E-state index contributed by atoms with van der Waals surface area (Å²) in [5, 5.41) is 0. The van der Waals surface area contributed by atoms with Gasteiger partial charge in [-0.25, -0.2) is 0 Å². The van der Waals surface area contributed by atoms with Crippen molar-refractivity contribution < 1.29 is 4.74 Å². The molecule has 1 nitrogen and oxygen atoms in total. The number of hydrogen-bond acceptors (Lipinski definition) is 1. The average molecular weight is 230 g/mol. The summed E-state index contributed by atoms with van der Waals surface area (Å²) >= 11 is 0. The van der Waals surface area contributed by atoms with Gasteiger partial charge in [0.1, 0.15) is 5.75 Å². The fourth-order valence-electron chi connectivity index (χ4n) is 2.33. The van der Waals surface area contributed by atoms with Crippen LogP contribution in [0.2, 0.25) is 0 Å². The molecule has 0 bridgehead atoms. The zero-order valence-electron chi connectivity index (χ0n) is 11.1. The van der Waals surface area contributed by atoms with Crippen molar-refractivity contribution in [1.82, 2.24) is 0 Å². The Hall–Kier alpha value is -1.24. The van der Waals surface area contributed by atoms with Gasteiger partial charge in [0, 0.05) is 5.56 Å². The first kappa shape index (κ1) is 12.2. The summed E-state index contributed by atoms with van der Waals surface area (Å²) in [6.07, 6.45) is 5.99. The smallest absolute Gasteiger partial charge is 0.126 e. The minimum absolute atomic E-state index is 0.462. The van der Waals surface area contributed by atoms with E-state index in [9.17, 15) is 0 Å². The summed E-state index contributed by atoms with van der Waals surface area (Å²) in [5.74, 6) is 1.03. The van der Waals surface area contributed by atoms with E-state index in [4.69, 9.17) is 4.74 Å². The Morgan fingerprint density at radius 3 is 2.65 bits per heavy atom. The van der Waals surface area contributed by atoms with Gasteiger partial charge in [-0.15, -0.1) is 0 Å². The molecule has 0 heterocycles. The Labute approximate surface area is 104 Å². The fourth-order valence-corrected chi connectivity index (χ4v) is 2.33. The lowest BCUT2D eigenvalue weighted by Crippen LogP contribution is -2.14. The van der Waals surface area contributed by atoms with Crippen molar-refractivity contribution >= 4 is 5.57 Å². The van der Waals surface area contributed by atoms with Crippen molar-refractivity contribution in [2.45, 2.75) is 40.0 Å². The molecule has 0 aromatic heterocycles. The molecule has 0 fully saturated rings. The van der Waals surface area contributed by atoms with E-state index in [0.717, 1.165) is 18.8 Å². The molecule has 1 aromatic carbocycles.